The highest BCUT2D eigenvalue weighted by Gasteiger charge is 2.15. The molecule has 0 aliphatic heterocycles. The third kappa shape index (κ3) is 2.32. The average Bonchev–Trinajstić information content (AvgIpc) is 3.05. The molecule has 6 heteroatoms. The number of fused-ring (bicyclic) bond motifs is 1. The van der Waals surface area contributed by atoms with Gasteiger partial charge in [-0.15, -0.1) is 5.10 Å². The van der Waals surface area contributed by atoms with Gasteiger partial charge in [0.25, 0.3) is 0 Å². The van der Waals surface area contributed by atoms with Gasteiger partial charge in [-0.2, -0.15) is 0 Å². The minimum Gasteiger partial charge on any atom is -0.326 e. The fourth-order valence-electron chi connectivity index (χ4n) is 2.31. The van der Waals surface area contributed by atoms with Crippen molar-refractivity contribution < 1.29 is 0 Å². The lowest BCUT2D eigenvalue weighted by Gasteiger charge is -2.10. The predicted octanol–water partition coefficient (Wildman–Crippen LogP) is 2.67. The molecule has 3 aromatic rings. The van der Waals surface area contributed by atoms with Gasteiger partial charge >= 0.3 is 0 Å². The van der Waals surface area contributed by atoms with Gasteiger partial charge in [0.2, 0.25) is 0 Å². The van der Waals surface area contributed by atoms with E-state index in [1.54, 1.807) is 0 Å². The molecule has 104 valence electrons. The first kappa shape index (κ1) is 13.2. The molecule has 0 aliphatic carbocycles. The number of rotatable bonds is 4. The van der Waals surface area contributed by atoms with E-state index in [9.17, 15) is 0 Å². The largest absolute Gasteiger partial charge is 0.326 e. The molecule has 0 unspecified atom stereocenters. The van der Waals surface area contributed by atoms with Gasteiger partial charge in [0.05, 0.1) is 11.0 Å². The predicted molar refractivity (Wildman–Crippen MR) is 81.4 cm³/mol. The van der Waals surface area contributed by atoms with Crippen molar-refractivity contribution in [1.29, 1.82) is 0 Å². The number of benzene rings is 1. The summed E-state index contributed by atoms with van der Waals surface area (Å²) in [6.45, 7) is 5.83. The zero-order valence-corrected chi connectivity index (χ0v) is 12.4. The molecule has 0 fully saturated rings. The number of hydrogen-bond donors (Lipinski definition) is 1. The summed E-state index contributed by atoms with van der Waals surface area (Å²) in [5, 5.41) is 6.09. The van der Waals surface area contributed by atoms with E-state index in [-0.39, 0.29) is 0 Å². The van der Waals surface area contributed by atoms with Crippen LogP contribution in [0.1, 0.15) is 19.4 Å². The van der Waals surface area contributed by atoms with Crippen LogP contribution < -0.4 is 5.73 Å². The van der Waals surface area contributed by atoms with Crippen molar-refractivity contribution in [3.63, 3.8) is 0 Å². The van der Waals surface area contributed by atoms with Crippen LogP contribution in [0.5, 0.6) is 0 Å². The van der Waals surface area contributed by atoms with Crippen LogP contribution >= 0.6 is 11.5 Å². The van der Waals surface area contributed by atoms with Crippen molar-refractivity contribution in [2.24, 2.45) is 11.7 Å². The lowest BCUT2D eigenvalue weighted by atomic mass is 10.2. The fraction of sp³-hybridized carbons (Fsp3) is 0.357. The van der Waals surface area contributed by atoms with Crippen molar-refractivity contribution >= 4 is 22.6 Å². The average molecular weight is 287 g/mol. The van der Waals surface area contributed by atoms with Crippen molar-refractivity contribution in [3.05, 3.63) is 29.1 Å². The van der Waals surface area contributed by atoms with E-state index in [4.69, 9.17) is 10.7 Å². The molecule has 3 rings (SSSR count). The lowest BCUT2D eigenvalue weighted by Crippen LogP contribution is -2.06. The van der Waals surface area contributed by atoms with Crippen molar-refractivity contribution in [3.8, 4) is 11.5 Å². The Bertz CT molecular complexity index is 715. The summed E-state index contributed by atoms with van der Waals surface area (Å²) in [5.41, 5.74) is 9.73. The normalized spacial score (nSPS) is 11.6. The molecule has 5 nitrogen and oxygen atoms in total. The van der Waals surface area contributed by atoms with Crippen LogP contribution in [0.15, 0.2) is 23.6 Å². The zero-order valence-electron chi connectivity index (χ0n) is 11.6. The Balaban J connectivity index is 2.21. The number of aromatic nitrogens is 4. The van der Waals surface area contributed by atoms with Gasteiger partial charge in [0, 0.05) is 18.5 Å². The topological polar surface area (TPSA) is 69.6 Å². The second kappa shape index (κ2) is 5.30. The van der Waals surface area contributed by atoms with Crippen LogP contribution in [0.25, 0.3) is 22.6 Å². The van der Waals surface area contributed by atoms with Gasteiger partial charge in [-0.05, 0) is 35.1 Å². The maximum atomic E-state index is 5.71. The molecule has 0 saturated heterocycles. The SMILES string of the molecule is CC(C)Cn1c(-c2csnn2)nc2cc(CN)ccc21. The number of nitrogens with zero attached hydrogens (tertiary/aromatic N) is 4. The van der Waals surface area contributed by atoms with E-state index in [0.717, 1.165) is 34.7 Å². The molecule has 2 aromatic heterocycles. The van der Waals surface area contributed by atoms with E-state index in [1.165, 1.54) is 11.5 Å². The number of hydrogen-bond acceptors (Lipinski definition) is 5. The monoisotopic (exact) mass is 287 g/mol. The van der Waals surface area contributed by atoms with Crippen molar-refractivity contribution in [2.75, 3.05) is 0 Å². The van der Waals surface area contributed by atoms with Crippen LogP contribution in [-0.4, -0.2) is 19.1 Å². The van der Waals surface area contributed by atoms with Crippen molar-refractivity contribution in [1.82, 2.24) is 19.1 Å². The van der Waals surface area contributed by atoms with Gasteiger partial charge in [-0.1, -0.05) is 24.4 Å². The molecule has 0 radical (unpaired) electrons. The van der Waals surface area contributed by atoms with Crippen molar-refractivity contribution in [2.45, 2.75) is 26.9 Å². The van der Waals surface area contributed by atoms with Crippen LogP contribution in [0.2, 0.25) is 0 Å². The summed E-state index contributed by atoms with van der Waals surface area (Å²) in [5.74, 6) is 1.42. The van der Waals surface area contributed by atoms with Gasteiger partial charge in [-0.25, -0.2) is 4.98 Å². The lowest BCUT2D eigenvalue weighted by molar-refractivity contribution is 0.536. The first-order valence-corrected chi connectivity index (χ1v) is 7.49. The molecule has 2 heterocycles. The number of imidazole rings is 1. The Morgan fingerprint density at radius 3 is 2.85 bits per heavy atom. The van der Waals surface area contributed by atoms with Gasteiger partial charge in [-0.3, -0.25) is 0 Å². The quantitative estimate of drug-likeness (QED) is 0.801. The van der Waals surface area contributed by atoms with Crippen LogP contribution in [0.4, 0.5) is 0 Å². The highest BCUT2D eigenvalue weighted by molar-refractivity contribution is 7.03. The van der Waals surface area contributed by atoms with Gasteiger partial charge < -0.3 is 10.3 Å². The summed E-state index contributed by atoms with van der Waals surface area (Å²) in [6.07, 6.45) is 0. The minimum absolute atomic E-state index is 0.528. The molecule has 0 amide bonds. The zero-order chi connectivity index (χ0) is 14.1. The van der Waals surface area contributed by atoms with Crippen LogP contribution in [-0.2, 0) is 13.1 Å². The molecule has 0 saturated carbocycles. The third-order valence-electron chi connectivity index (χ3n) is 3.19. The molecule has 0 bridgehead atoms. The summed E-state index contributed by atoms with van der Waals surface area (Å²) >= 11 is 1.35. The Morgan fingerprint density at radius 2 is 2.20 bits per heavy atom. The highest BCUT2D eigenvalue weighted by atomic mass is 32.1. The Kier molecular flexibility index (Phi) is 3.50. The molecule has 0 spiro atoms. The second-order valence-corrected chi connectivity index (χ2v) is 5.87. The first-order valence-electron chi connectivity index (χ1n) is 6.65. The molecular weight excluding hydrogens is 270 g/mol. The molecule has 2 N–H and O–H groups in total. The van der Waals surface area contributed by atoms with Crippen LogP contribution in [0.3, 0.4) is 0 Å². The molecule has 1 aromatic carbocycles. The van der Waals surface area contributed by atoms with E-state index >= 15 is 0 Å². The maximum Gasteiger partial charge on any atom is 0.162 e. The summed E-state index contributed by atoms with van der Waals surface area (Å²) in [7, 11) is 0. The summed E-state index contributed by atoms with van der Waals surface area (Å²) in [4.78, 5) is 4.73. The van der Waals surface area contributed by atoms with Gasteiger partial charge in [0.15, 0.2) is 5.82 Å². The van der Waals surface area contributed by atoms with E-state index in [1.807, 2.05) is 5.38 Å². The number of nitrogens with two attached hydrogens (primary N) is 1. The molecule has 0 atom stereocenters. The minimum atomic E-state index is 0.528. The maximum absolute atomic E-state index is 5.71. The second-order valence-electron chi connectivity index (χ2n) is 5.26. The van der Waals surface area contributed by atoms with Gasteiger partial charge in [0.1, 0.15) is 5.69 Å². The first-order chi connectivity index (χ1) is 9.69. The standard InChI is InChI=1S/C14H17N5S/c1-9(2)7-19-13-4-3-10(6-15)5-11(13)16-14(19)12-8-20-18-17-12/h3-5,8-9H,6-7,15H2,1-2H3. The smallest absolute Gasteiger partial charge is 0.162 e. The summed E-state index contributed by atoms with van der Waals surface area (Å²) < 4.78 is 6.16. The van der Waals surface area contributed by atoms with E-state index in [2.05, 4.69) is 46.2 Å². The van der Waals surface area contributed by atoms with Crippen LogP contribution in [0, 0.1) is 5.92 Å². The Labute approximate surface area is 121 Å². The molecule has 0 aliphatic rings. The fourth-order valence-corrected chi connectivity index (χ4v) is 2.74. The molecular formula is C14H17N5S. The molecule has 20 heavy (non-hydrogen) atoms. The van der Waals surface area contributed by atoms with E-state index < -0.39 is 0 Å². The summed E-state index contributed by atoms with van der Waals surface area (Å²) in [6, 6.07) is 6.20. The third-order valence-corrected chi connectivity index (χ3v) is 3.69. The Morgan fingerprint density at radius 1 is 1.35 bits per heavy atom. The van der Waals surface area contributed by atoms with E-state index in [0.29, 0.717) is 12.5 Å². The highest BCUT2D eigenvalue weighted by Crippen LogP contribution is 2.25. The Hall–Kier alpha value is -1.79.